The molecule has 0 aliphatic carbocycles. The van der Waals surface area contributed by atoms with Crippen molar-refractivity contribution in [3.63, 3.8) is 0 Å². The Labute approximate surface area is 191 Å². The summed E-state index contributed by atoms with van der Waals surface area (Å²) >= 11 is 1.36. The fraction of sp³-hybridized carbons (Fsp3) is 0.304. The Morgan fingerprint density at radius 3 is 2.78 bits per heavy atom. The van der Waals surface area contributed by atoms with Crippen LogP contribution in [0.1, 0.15) is 12.8 Å². The van der Waals surface area contributed by atoms with Gasteiger partial charge in [0.2, 0.25) is 10.0 Å². The number of terminal acetylenes is 1. The fourth-order valence-electron chi connectivity index (χ4n) is 3.80. The summed E-state index contributed by atoms with van der Waals surface area (Å²) in [5.41, 5.74) is 0.872. The summed E-state index contributed by atoms with van der Waals surface area (Å²) in [6.45, 7) is 0.784. The van der Waals surface area contributed by atoms with Crippen LogP contribution in [0, 0.1) is 18.3 Å². The maximum atomic E-state index is 13.1. The molecule has 3 aromatic rings. The minimum absolute atomic E-state index is 0.118. The second-order valence-corrected chi connectivity index (χ2v) is 10.4. The first-order chi connectivity index (χ1) is 15.4. The third-order valence-corrected chi connectivity index (χ3v) is 8.38. The standard InChI is InChI=1S/C23H23N3O4S2/c1-3-13-26-20-12-11-18(30-2)15-21(20)31-23(26)24-22(27)17-8-7-14-25(16-17)32(28,29)19-9-5-4-6-10-19/h1,4-6,9-12,15,17H,7-8,13-14,16H2,2H3. The third kappa shape index (κ3) is 4.35. The van der Waals surface area contributed by atoms with E-state index in [0.717, 1.165) is 10.2 Å². The number of rotatable bonds is 5. The van der Waals surface area contributed by atoms with Crippen molar-refractivity contribution >= 4 is 37.5 Å². The topological polar surface area (TPSA) is 81.0 Å². The van der Waals surface area contributed by atoms with Gasteiger partial charge < -0.3 is 9.30 Å². The molecule has 2 heterocycles. The van der Waals surface area contributed by atoms with Crippen molar-refractivity contribution in [1.82, 2.24) is 8.87 Å². The van der Waals surface area contributed by atoms with Crippen molar-refractivity contribution in [2.75, 3.05) is 20.2 Å². The van der Waals surface area contributed by atoms with Crippen LogP contribution in [0.25, 0.3) is 10.2 Å². The first kappa shape index (κ1) is 22.3. The predicted molar refractivity (Wildman–Crippen MR) is 124 cm³/mol. The number of hydrogen-bond acceptors (Lipinski definition) is 5. The van der Waals surface area contributed by atoms with Crippen LogP contribution in [0.4, 0.5) is 0 Å². The Morgan fingerprint density at radius 1 is 1.28 bits per heavy atom. The second kappa shape index (κ2) is 9.28. The van der Waals surface area contributed by atoms with Crippen molar-refractivity contribution in [2.45, 2.75) is 24.3 Å². The van der Waals surface area contributed by atoms with Gasteiger partial charge in [-0.3, -0.25) is 4.79 Å². The van der Waals surface area contributed by atoms with Gasteiger partial charge >= 0.3 is 0 Å². The summed E-state index contributed by atoms with van der Waals surface area (Å²) in [7, 11) is -2.06. The molecule has 32 heavy (non-hydrogen) atoms. The average molecular weight is 470 g/mol. The summed E-state index contributed by atoms with van der Waals surface area (Å²) < 4.78 is 35.4. The molecule has 7 nitrogen and oxygen atoms in total. The number of piperidine rings is 1. The van der Waals surface area contributed by atoms with Crippen LogP contribution < -0.4 is 9.54 Å². The molecule has 1 aliphatic rings. The molecule has 1 saturated heterocycles. The van der Waals surface area contributed by atoms with Crippen LogP contribution in [0.2, 0.25) is 0 Å². The van der Waals surface area contributed by atoms with E-state index >= 15 is 0 Å². The van der Waals surface area contributed by atoms with Crippen molar-refractivity contribution < 1.29 is 17.9 Å². The number of amides is 1. The smallest absolute Gasteiger partial charge is 0.252 e. The molecular formula is C23H23N3O4S2. The number of nitrogens with zero attached hydrogens (tertiary/aromatic N) is 3. The summed E-state index contributed by atoms with van der Waals surface area (Å²) in [5, 5.41) is 0. The molecule has 0 radical (unpaired) electrons. The van der Waals surface area contributed by atoms with E-state index in [4.69, 9.17) is 11.2 Å². The number of ether oxygens (including phenoxy) is 1. The fourth-order valence-corrected chi connectivity index (χ4v) is 6.41. The number of carbonyl (C=O) groups is 1. The monoisotopic (exact) mass is 469 g/mol. The minimum atomic E-state index is -3.65. The molecule has 1 fully saturated rings. The molecule has 9 heteroatoms. The zero-order chi connectivity index (χ0) is 22.7. The Morgan fingerprint density at radius 2 is 2.06 bits per heavy atom. The lowest BCUT2D eigenvalue weighted by atomic mass is 9.99. The maximum absolute atomic E-state index is 13.1. The molecule has 4 rings (SSSR count). The Kier molecular flexibility index (Phi) is 6.46. The highest BCUT2D eigenvalue weighted by Gasteiger charge is 2.33. The molecule has 0 spiro atoms. The molecule has 166 valence electrons. The zero-order valence-electron chi connectivity index (χ0n) is 17.6. The first-order valence-electron chi connectivity index (χ1n) is 10.2. The number of fused-ring (bicyclic) bond motifs is 1. The highest BCUT2D eigenvalue weighted by atomic mass is 32.2. The number of sulfonamides is 1. The van der Waals surface area contributed by atoms with E-state index in [-0.39, 0.29) is 23.9 Å². The van der Waals surface area contributed by atoms with Gasteiger partial charge in [-0.25, -0.2) is 8.42 Å². The van der Waals surface area contributed by atoms with Gasteiger partial charge in [-0.1, -0.05) is 35.5 Å². The lowest BCUT2D eigenvalue weighted by Gasteiger charge is -2.30. The minimum Gasteiger partial charge on any atom is -0.497 e. The predicted octanol–water partition coefficient (Wildman–Crippen LogP) is 2.87. The van der Waals surface area contributed by atoms with Gasteiger partial charge in [-0.05, 0) is 43.2 Å². The third-order valence-electron chi connectivity index (χ3n) is 5.46. The van der Waals surface area contributed by atoms with Gasteiger partial charge in [0.25, 0.3) is 5.91 Å². The van der Waals surface area contributed by atoms with E-state index < -0.39 is 15.9 Å². The zero-order valence-corrected chi connectivity index (χ0v) is 19.2. The average Bonchev–Trinajstić information content (AvgIpc) is 3.16. The van der Waals surface area contributed by atoms with Crippen LogP contribution in [0.3, 0.4) is 0 Å². The Bertz CT molecular complexity index is 1350. The highest BCUT2D eigenvalue weighted by molar-refractivity contribution is 7.89. The quantitative estimate of drug-likeness (QED) is 0.538. The summed E-state index contributed by atoms with van der Waals surface area (Å²) in [6, 6.07) is 13.9. The lowest BCUT2D eigenvalue weighted by Crippen LogP contribution is -2.42. The van der Waals surface area contributed by atoms with Crippen LogP contribution in [-0.2, 0) is 21.4 Å². The number of hydrogen-bond donors (Lipinski definition) is 0. The van der Waals surface area contributed by atoms with Gasteiger partial charge in [0.15, 0.2) is 4.80 Å². The van der Waals surface area contributed by atoms with E-state index in [1.807, 2.05) is 22.8 Å². The van der Waals surface area contributed by atoms with Crippen molar-refractivity contribution in [3.8, 4) is 18.1 Å². The number of carbonyl (C=O) groups excluding carboxylic acids is 1. The number of benzene rings is 2. The lowest BCUT2D eigenvalue weighted by molar-refractivity contribution is -0.122. The van der Waals surface area contributed by atoms with E-state index in [0.29, 0.717) is 29.9 Å². The number of thiazole rings is 1. The molecule has 1 atom stereocenters. The number of methoxy groups -OCH3 is 1. The largest absolute Gasteiger partial charge is 0.497 e. The normalized spacial score (nSPS) is 17.9. The highest BCUT2D eigenvalue weighted by Crippen LogP contribution is 2.26. The van der Waals surface area contributed by atoms with Gasteiger partial charge in [0.1, 0.15) is 5.75 Å². The van der Waals surface area contributed by atoms with Gasteiger partial charge in [0.05, 0.1) is 34.7 Å². The van der Waals surface area contributed by atoms with E-state index in [9.17, 15) is 13.2 Å². The van der Waals surface area contributed by atoms with Gasteiger partial charge in [-0.15, -0.1) is 6.42 Å². The van der Waals surface area contributed by atoms with Crippen molar-refractivity contribution in [1.29, 1.82) is 0 Å². The van der Waals surface area contributed by atoms with Crippen molar-refractivity contribution in [3.05, 3.63) is 53.3 Å². The molecule has 1 aromatic heterocycles. The molecule has 1 aliphatic heterocycles. The molecule has 1 amide bonds. The van der Waals surface area contributed by atoms with Gasteiger partial charge in [0, 0.05) is 13.1 Å². The van der Waals surface area contributed by atoms with Crippen molar-refractivity contribution in [2.24, 2.45) is 10.9 Å². The summed E-state index contributed by atoms with van der Waals surface area (Å²) in [4.78, 5) is 18.2. The van der Waals surface area contributed by atoms with Gasteiger partial charge in [-0.2, -0.15) is 9.30 Å². The summed E-state index contributed by atoms with van der Waals surface area (Å²) in [6.07, 6.45) is 6.74. The van der Waals surface area contributed by atoms with E-state index in [2.05, 4.69) is 10.9 Å². The maximum Gasteiger partial charge on any atom is 0.252 e. The van der Waals surface area contributed by atoms with Crippen LogP contribution in [-0.4, -0.2) is 43.4 Å². The molecule has 0 saturated carbocycles. The van der Waals surface area contributed by atoms with Crippen LogP contribution >= 0.6 is 11.3 Å². The van der Waals surface area contributed by atoms with Crippen LogP contribution in [0.5, 0.6) is 5.75 Å². The molecular weight excluding hydrogens is 446 g/mol. The second-order valence-electron chi connectivity index (χ2n) is 7.47. The molecule has 0 bridgehead atoms. The number of aromatic nitrogens is 1. The SMILES string of the molecule is C#CCn1c(=NC(=O)C2CCCN(S(=O)(=O)c3ccccc3)C2)sc2cc(OC)ccc21. The molecule has 0 N–H and O–H groups in total. The first-order valence-corrected chi connectivity index (χ1v) is 12.4. The summed E-state index contributed by atoms with van der Waals surface area (Å²) in [5.74, 6) is 2.49. The van der Waals surface area contributed by atoms with E-state index in [1.54, 1.807) is 37.4 Å². The molecule has 2 aromatic carbocycles. The van der Waals surface area contributed by atoms with E-state index in [1.165, 1.54) is 15.6 Å². The van der Waals surface area contributed by atoms with Crippen LogP contribution in [0.15, 0.2) is 58.4 Å². The molecule has 1 unspecified atom stereocenters. The Hall–Kier alpha value is -2.93. The Balaban J connectivity index is 1.64.